The molecule has 2 heterocycles. The van der Waals surface area contributed by atoms with E-state index in [9.17, 15) is 0 Å². The van der Waals surface area contributed by atoms with Crippen LogP contribution in [0.5, 0.6) is 0 Å². The van der Waals surface area contributed by atoms with Crippen molar-refractivity contribution < 1.29 is 4.42 Å². The molecule has 0 N–H and O–H groups in total. The first-order chi connectivity index (χ1) is 29.2. The molecule has 2 nitrogen and oxygen atoms in total. The van der Waals surface area contributed by atoms with Gasteiger partial charge >= 0.3 is 0 Å². The minimum Gasteiger partial charge on any atom is -0.455 e. The van der Waals surface area contributed by atoms with E-state index in [0.717, 1.165) is 83.5 Å². The van der Waals surface area contributed by atoms with Crippen LogP contribution < -0.4 is 4.90 Å². The number of rotatable bonds is 8. The Morgan fingerprint density at radius 1 is 0.458 bits per heavy atom. The number of anilines is 3. The van der Waals surface area contributed by atoms with Gasteiger partial charge in [0.2, 0.25) is 0 Å². The summed E-state index contributed by atoms with van der Waals surface area (Å²) in [5, 5.41) is 6.98. The molecule has 0 spiro atoms. The average Bonchev–Trinajstić information content (AvgIpc) is 3.88. The molecule has 0 aliphatic heterocycles. The topological polar surface area (TPSA) is 16.4 Å². The fourth-order valence-electron chi connectivity index (χ4n) is 8.80. The molecule has 0 aliphatic carbocycles. The maximum Gasteiger partial charge on any atom is 0.145 e. The molecule has 11 aromatic rings. The molecule has 0 atom stereocenters. The zero-order valence-corrected chi connectivity index (χ0v) is 33.0. The van der Waals surface area contributed by atoms with Crippen molar-refractivity contribution in [2.24, 2.45) is 0 Å². The molecular weight excluding hydrogens is 735 g/mol. The van der Waals surface area contributed by atoms with E-state index in [4.69, 9.17) is 4.42 Å². The van der Waals surface area contributed by atoms with E-state index >= 15 is 0 Å². The highest BCUT2D eigenvalue weighted by Gasteiger charge is 2.25. The van der Waals surface area contributed by atoms with Gasteiger partial charge in [0.15, 0.2) is 0 Å². The average molecular weight is 772 g/mol. The molecule has 2 aromatic heterocycles. The number of thiophene rings is 1. The van der Waals surface area contributed by atoms with Gasteiger partial charge in [0.05, 0.1) is 16.8 Å². The van der Waals surface area contributed by atoms with Gasteiger partial charge in [0, 0.05) is 36.8 Å². The molecule has 0 saturated carbocycles. The number of benzene rings is 9. The van der Waals surface area contributed by atoms with Crippen LogP contribution in [0, 0.1) is 0 Å². The number of furan rings is 1. The van der Waals surface area contributed by atoms with Crippen molar-refractivity contribution >= 4 is 93.4 Å². The minimum atomic E-state index is 0.857. The first kappa shape index (κ1) is 34.8. The molecule has 0 unspecified atom stereocenters. The Balaban J connectivity index is 1.16. The van der Waals surface area contributed by atoms with Gasteiger partial charge in [-0.1, -0.05) is 153 Å². The molecule has 0 saturated heterocycles. The standard InChI is InChI=1S/C56H37NOS/c1-3-36-22-23-40-24-25-41(34-48(40)44(36)4-2)38-26-29-43(30-27-38)57(49-19-13-21-53-54(49)47-18-11-12-20-52(47)59-53)50-33-32-45(39-16-9-6-10-17-39)56-55(50)46-31-28-42(35-51(46)58-56)37-14-7-5-8-15-37/h3-35H,1-2H2. The minimum absolute atomic E-state index is 0.857. The van der Waals surface area contributed by atoms with Crippen LogP contribution >= 0.6 is 11.3 Å². The first-order valence-corrected chi connectivity index (χ1v) is 20.7. The van der Waals surface area contributed by atoms with Gasteiger partial charge in [0.25, 0.3) is 0 Å². The van der Waals surface area contributed by atoms with Crippen molar-refractivity contribution in [1.29, 1.82) is 0 Å². The normalized spacial score (nSPS) is 11.5. The van der Waals surface area contributed by atoms with Gasteiger partial charge < -0.3 is 9.32 Å². The lowest BCUT2D eigenvalue weighted by molar-refractivity contribution is 0.670. The summed E-state index contributed by atoms with van der Waals surface area (Å²) < 4.78 is 9.54. The Bertz CT molecular complexity index is 3410. The highest BCUT2D eigenvalue weighted by molar-refractivity contribution is 7.26. The molecular formula is C56H37NOS. The molecule has 278 valence electrons. The highest BCUT2D eigenvalue weighted by atomic mass is 32.1. The zero-order chi connectivity index (χ0) is 39.5. The van der Waals surface area contributed by atoms with Crippen molar-refractivity contribution in [3.05, 3.63) is 212 Å². The molecule has 3 heteroatoms. The predicted molar refractivity (Wildman–Crippen MR) is 255 cm³/mol. The van der Waals surface area contributed by atoms with Crippen molar-refractivity contribution in [2.75, 3.05) is 4.90 Å². The summed E-state index contributed by atoms with van der Waals surface area (Å²) in [6, 6.07) is 67.6. The summed E-state index contributed by atoms with van der Waals surface area (Å²) in [7, 11) is 0. The summed E-state index contributed by atoms with van der Waals surface area (Å²) in [6.07, 6.45) is 3.84. The number of hydrogen-bond acceptors (Lipinski definition) is 3. The maximum absolute atomic E-state index is 7.02. The van der Waals surface area contributed by atoms with E-state index in [2.05, 4.69) is 206 Å². The quantitative estimate of drug-likeness (QED) is 0.153. The lowest BCUT2D eigenvalue weighted by Crippen LogP contribution is -2.11. The summed E-state index contributed by atoms with van der Waals surface area (Å²) in [4.78, 5) is 2.44. The number of hydrogen-bond donors (Lipinski definition) is 0. The Morgan fingerprint density at radius 2 is 1.12 bits per heavy atom. The zero-order valence-electron chi connectivity index (χ0n) is 32.2. The van der Waals surface area contributed by atoms with Crippen molar-refractivity contribution in [1.82, 2.24) is 0 Å². The van der Waals surface area contributed by atoms with Crippen LogP contribution in [-0.4, -0.2) is 0 Å². The summed E-state index contributed by atoms with van der Waals surface area (Å²) in [6.45, 7) is 8.18. The highest BCUT2D eigenvalue weighted by Crippen LogP contribution is 2.50. The third-order valence-corrected chi connectivity index (χ3v) is 12.8. The van der Waals surface area contributed by atoms with Gasteiger partial charge in [-0.05, 0) is 110 Å². The Labute approximate surface area is 346 Å². The van der Waals surface area contributed by atoms with Crippen molar-refractivity contribution in [3.8, 4) is 33.4 Å². The van der Waals surface area contributed by atoms with Crippen LogP contribution in [0.1, 0.15) is 11.1 Å². The van der Waals surface area contributed by atoms with E-state index in [-0.39, 0.29) is 0 Å². The molecule has 0 bridgehead atoms. The van der Waals surface area contributed by atoms with E-state index in [0.29, 0.717) is 0 Å². The van der Waals surface area contributed by atoms with Gasteiger partial charge in [0.1, 0.15) is 11.2 Å². The fraction of sp³-hybridized carbons (Fsp3) is 0. The van der Waals surface area contributed by atoms with Gasteiger partial charge in [-0.2, -0.15) is 0 Å². The number of fused-ring (bicyclic) bond motifs is 7. The second kappa shape index (κ2) is 14.2. The second-order valence-corrected chi connectivity index (χ2v) is 16.0. The summed E-state index contributed by atoms with van der Waals surface area (Å²) in [5.41, 5.74) is 13.9. The Morgan fingerprint density at radius 3 is 1.92 bits per heavy atom. The monoisotopic (exact) mass is 771 g/mol. The molecule has 0 amide bonds. The largest absolute Gasteiger partial charge is 0.455 e. The van der Waals surface area contributed by atoms with Gasteiger partial charge in [-0.3, -0.25) is 0 Å². The molecule has 0 aliphatic rings. The van der Waals surface area contributed by atoms with Crippen LogP contribution in [0.4, 0.5) is 17.1 Å². The van der Waals surface area contributed by atoms with Crippen LogP contribution in [-0.2, 0) is 0 Å². The SMILES string of the molecule is C=Cc1ccc2ccc(-c3ccc(N(c4cccc5sc6ccccc6c45)c4ccc(-c5ccccc5)c5oc6cc(-c7ccccc7)ccc6c45)cc3)cc2c1C=C. The Kier molecular flexibility index (Phi) is 8.35. The van der Waals surface area contributed by atoms with Gasteiger partial charge in [-0.25, -0.2) is 0 Å². The van der Waals surface area contributed by atoms with Crippen LogP contribution in [0.15, 0.2) is 206 Å². The molecule has 0 fully saturated rings. The van der Waals surface area contributed by atoms with Crippen LogP contribution in [0.3, 0.4) is 0 Å². The van der Waals surface area contributed by atoms with E-state index in [1.54, 1.807) is 0 Å². The third-order valence-electron chi connectivity index (χ3n) is 11.6. The van der Waals surface area contributed by atoms with E-state index in [1.807, 2.05) is 23.5 Å². The fourth-order valence-corrected chi connectivity index (χ4v) is 9.93. The second-order valence-electron chi connectivity index (χ2n) is 14.9. The molecule has 9 aromatic carbocycles. The number of nitrogens with zero attached hydrogens (tertiary/aromatic N) is 1. The van der Waals surface area contributed by atoms with Crippen LogP contribution in [0.25, 0.3) is 98.4 Å². The lowest BCUT2D eigenvalue weighted by atomic mass is 9.95. The summed E-state index contributed by atoms with van der Waals surface area (Å²) >= 11 is 1.84. The lowest BCUT2D eigenvalue weighted by Gasteiger charge is -2.28. The first-order valence-electron chi connectivity index (χ1n) is 19.9. The summed E-state index contributed by atoms with van der Waals surface area (Å²) in [5.74, 6) is 0. The van der Waals surface area contributed by atoms with Gasteiger partial charge in [-0.15, -0.1) is 11.3 Å². The third kappa shape index (κ3) is 5.78. The molecule has 59 heavy (non-hydrogen) atoms. The smallest absolute Gasteiger partial charge is 0.145 e. The maximum atomic E-state index is 7.02. The van der Waals surface area contributed by atoms with Crippen LogP contribution in [0.2, 0.25) is 0 Å². The molecule has 11 rings (SSSR count). The predicted octanol–water partition coefficient (Wildman–Crippen LogP) is 16.9. The van der Waals surface area contributed by atoms with E-state index in [1.165, 1.54) is 30.9 Å². The van der Waals surface area contributed by atoms with E-state index < -0.39 is 0 Å². The van der Waals surface area contributed by atoms with Crippen molar-refractivity contribution in [3.63, 3.8) is 0 Å². The molecule has 0 radical (unpaired) electrons. The Hall–Kier alpha value is -7.46. The van der Waals surface area contributed by atoms with Crippen molar-refractivity contribution in [2.45, 2.75) is 0 Å².